The Bertz CT molecular complexity index is 196. The topological polar surface area (TPSA) is 57.8 Å². The number of nitrogens with zero attached hydrogens (tertiary/aromatic N) is 1. The van der Waals surface area contributed by atoms with Crippen molar-refractivity contribution in [1.82, 2.24) is 15.7 Å². The number of carbonyl (C=O) groups is 1. The van der Waals surface area contributed by atoms with Gasteiger partial charge in [0.2, 0.25) is 0 Å². The van der Waals surface area contributed by atoms with Gasteiger partial charge in [-0.1, -0.05) is 4.48 Å². The summed E-state index contributed by atoms with van der Waals surface area (Å²) in [5.41, 5.74) is 1.07. The van der Waals surface area contributed by atoms with Gasteiger partial charge in [-0.05, 0) is 6.07 Å². The Morgan fingerprint density at radius 1 is 1.89 bits per heavy atom. The highest BCUT2D eigenvalue weighted by molar-refractivity contribution is 5.91. The minimum absolute atomic E-state index is 0.109. The molecule has 1 amide bonds. The van der Waals surface area contributed by atoms with Gasteiger partial charge >= 0.3 is 0 Å². The van der Waals surface area contributed by atoms with Gasteiger partial charge in [0.05, 0.1) is 0 Å². The molecule has 9 heavy (non-hydrogen) atoms. The summed E-state index contributed by atoms with van der Waals surface area (Å²) in [7, 11) is 0. The fraction of sp³-hybridized carbons (Fsp3) is 0. The second-order valence-corrected chi connectivity index (χ2v) is 1.39. The van der Waals surface area contributed by atoms with E-state index in [1.165, 1.54) is 12.3 Å². The third-order valence-corrected chi connectivity index (χ3v) is 0.831. The van der Waals surface area contributed by atoms with E-state index in [1.54, 1.807) is 0 Å². The zero-order chi connectivity index (χ0) is 6.69. The summed E-state index contributed by atoms with van der Waals surface area (Å²) in [6.45, 7) is 0. The number of nitrogens with one attached hydrogen (secondary N) is 2. The normalized spacial score (nSPS) is 9.00. The molecule has 0 aliphatic rings. The van der Waals surface area contributed by atoms with Gasteiger partial charge < -0.3 is 0 Å². The molecular formula is C4H4FN3O. The van der Waals surface area contributed by atoms with Gasteiger partial charge in [-0.3, -0.25) is 9.89 Å². The van der Waals surface area contributed by atoms with E-state index in [1.807, 2.05) is 0 Å². The Labute approximate surface area is 50.0 Å². The maximum atomic E-state index is 11.3. The monoisotopic (exact) mass is 129 g/mol. The van der Waals surface area contributed by atoms with Crippen LogP contribution < -0.4 is 5.54 Å². The molecule has 0 aliphatic carbocycles. The molecule has 1 aromatic rings. The molecule has 0 aliphatic heterocycles. The van der Waals surface area contributed by atoms with Crippen LogP contribution in [0.2, 0.25) is 0 Å². The van der Waals surface area contributed by atoms with Gasteiger partial charge in [0.25, 0.3) is 5.91 Å². The average molecular weight is 129 g/mol. The van der Waals surface area contributed by atoms with Crippen LogP contribution in [0.25, 0.3) is 0 Å². The van der Waals surface area contributed by atoms with E-state index < -0.39 is 5.91 Å². The van der Waals surface area contributed by atoms with Crippen molar-refractivity contribution in [2.24, 2.45) is 0 Å². The molecule has 0 aromatic carbocycles. The number of aromatic nitrogens is 2. The van der Waals surface area contributed by atoms with Gasteiger partial charge in [0.1, 0.15) is 5.69 Å². The zero-order valence-electron chi connectivity index (χ0n) is 4.39. The summed E-state index contributed by atoms with van der Waals surface area (Å²) in [6, 6.07) is 1.37. The van der Waals surface area contributed by atoms with Crippen LogP contribution in [0.5, 0.6) is 0 Å². The van der Waals surface area contributed by atoms with E-state index >= 15 is 0 Å². The maximum absolute atomic E-state index is 11.3. The van der Waals surface area contributed by atoms with E-state index in [-0.39, 0.29) is 5.69 Å². The van der Waals surface area contributed by atoms with Crippen LogP contribution >= 0.6 is 0 Å². The number of amides is 1. The van der Waals surface area contributed by atoms with Gasteiger partial charge in [0, 0.05) is 6.20 Å². The van der Waals surface area contributed by atoms with Crippen LogP contribution in [0.3, 0.4) is 0 Å². The summed E-state index contributed by atoms with van der Waals surface area (Å²) in [6.07, 6.45) is 1.37. The molecular weight excluding hydrogens is 125 g/mol. The van der Waals surface area contributed by atoms with Gasteiger partial charge in [-0.25, -0.2) is 0 Å². The van der Waals surface area contributed by atoms with Crippen molar-refractivity contribution in [2.45, 2.75) is 0 Å². The zero-order valence-corrected chi connectivity index (χ0v) is 4.39. The van der Waals surface area contributed by atoms with Crippen LogP contribution in [-0.2, 0) is 0 Å². The Kier molecular flexibility index (Phi) is 1.44. The molecule has 0 saturated carbocycles. The minimum Gasteiger partial charge on any atom is -0.273 e. The van der Waals surface area contributed by atoms with Gasteiger partial charge in [0.15, 0.2) is 0 Å². The van der Waals surface area contributed by atoms with Crippen molar-refractivity contribution in [1.29, 1.82) is 0 Å². The summed E-state index contributed by atoms with van der Waals surface area (Å²) < 4.78 is 11.3. The number of hydrogen-bond acceptors (Lipinski definition) is 2. The van der Waals surface area contributed by atoms with Crippen molar-refractivity contribution in [3.63, 3.8) is 0 Å². The molecule has 1 aromatic heterocycles. The molecule has 1 rings (SSSR count). The Hall–Kier alpha value is -1.39. The molecule has 0 unspecified atom stereocenters. The van der Waals surface area contributed by atoms with Gasteiger partial charge in [-0.15, -0.1) is 0 Å². The largest absolute Gasteiger partial charge is 0.296 e. The standard InChI is InChI=1S/C4H4FN3O/c5-7-4(9)3-1-2-6-8-3/h1-2H,(H,6,8)(H,7,9). The second-order valence-electron chi connectivity index (χ2n) is 1.39. The number of rotatable bonds is 1. The Morgan fingerprint density at radius 2 is 2.67 bits per heavy atom. The molecule has 0 atom stereocenters. The highest BCUT2D eigenvalue weighted by Crippen LogP contribution is 1.89. The molecule has 2 N–H and O–H groups in total. The van der Waals surface area contributed by atoms with Crippen molar-refractivity contribution in [3.05, 3.63) is 18.0 Å². The molecule has 0 saturated heterocycles. The van der Waals surface area contributed by atoms with Crippen LogP contribution in [0.4, 0.5) is 4.48 Å². The quantitative estimate of drug-likeness (QED) is 0.525. The third kappa shape index (κ3) is 1.04. The molecule has 48 valence electrons. The number of carbonyl (C=O) groups excluding carboxylic acids is 1. The first-order valence-corrected chi connectivity index (χ1v) is 2.25. The van der Waals surface area contributed by atoms with Crippen LogP contribution in [-0.4, -0.2) is 16.1 Å². The lowest BCUT2D eigenvalue weighted by atomic mass is 10.4. The molecule has 4 nitrogen and oxygen atoms in total. The molecule has 5 heteroatoms. The molecule has 0 fully saturated rings. The first-order chi connectivity index (χ1) is 4.34. The number of aromatic amines is 1. The Morgan fingerprint density at radius 3 is 3.11 bits per heavy atom. The predicted octanol–water partition coefficient (Wildman–Crippen LogP) is 0.0240. The van der Waals surface area contributed by atoms with Crippen LogP contribution in [0.1, 0.15) is 10.5 Å². The third-order valence-electron chi connectivity index (χ3n) is 0.831. The molecule has 1 heterocycles. The number of hydrogen-bond donors (Lipinski definition) is 2. The fourth-order valence-corrected chi connectivity index (χ4v) is 0.433. The minimum atomic E-state index is -0.813. The predicted molar refractivity (Wildman–Crippen MR) is 27.2 cm³/mol. The van der Waals surface area contributed by atoms with Crippen molar-refractivity contribution < 1.29 is 9.28 Å². The van der Waals surface area contributed by atoms with E-state index in [0.29, 0.717) is 0 Å². The molecule has 0 radical (unpaired) electrons. The summed E-state index contributed by atoms with van der Waals surface area (Å²) in [5, 5.41) is 5.72. The first-order valence-electron chi connectivity index (χ1n) is 2.25. The smallest absolute Gasteiger partial charge is 0.273 e. The maximum Gasteiger partial charge on any atom is 0.296 e. The van der Waals surface area contributed by atoms with Crippen LogP contribution in [0, 0.1) is 0 Å². The van der Waals surface area contributed by atoms with E-state index in [4.69, 9.17) is 0 Å². The number of H-pyrrole nitrogens is 1. The summed E-state index contributed by atoms with van der Waals surface area (Å²) in [5.74, 6) is -0.813. The van der Waals surface area contributed by atoms with E-state index in [2.05, 4.69) is 10.2 Å². The summed E-state index contributed by atoms with van der Waals surface area (Å²) in [4.78, 5) is 10.3. The highest BCUT2D eigenvalue weighted by Gasteiger charge is 2.03. The van der Waals surface area contributed by atoms with Crippen molar-refractivity contribution in [3.8, 4) is 0 Å². The molecule has 0 bridgehead atoms. The molecule has 0 spiro atoms. The van der Waals surface area contributed by atoms with E-state index in [0.717, 1.165) is 5.54 Å². The average Bonchev–Trinajstić information content (AvgIpc) is 2.37. The lowest BCUT2D eigenvalue weighted by Crippen LogP contribution is -2.13. The van der Waals surface area contributed by atoms with Crippen molar-refractivity contribution >= 4 is 5.91 Å². The first kappa shape index (κ1) is 5.74. The highest BCUT2D eigenvalue weighted by atomic mass is 19.2. The van der Waals surface area contributed by atoms with E-state index in [9.17, 15) is 9.28 Å². The summed E-state index contributed by atoms with van der Waals surface area (Å²) >= 11 is 0. The Balaban J connectivity index is 2.77. The van der Waals surface area contributed by atoms with Gasteiger partial charge in [-0.2, -0.15) is 10.6 Å². The van der Waals surface area contributed by atoms with Crippen LogP contribution in [0.15, 0.2) is 12.3 Å². The number of halogens is 1. The fourth-order valence-electron chi connectivity index (χ4n) is 0.433. The lowest BCUT2D eigenvalue weighted by molar-refractivity contribution is 0.0854. The second kappa shape index (κ2) is 2.25. The SMILES string of the molecule is O=C(NF)c1ccn[nH]1. The lowest BCUT2D eigenvalue weighted by Gasteiger charge is -1.86. The van der Waals surface area contributed by atoms with Crippen molar-refractivity contribution in [2.75, 3.05) is 0 Å².